The van der Waals surface area contributed by atoms with Gasteiger partial charge in [0.1, 0.15) is 0 Å². The van der Waals surface area contributed by atoms with Crippen molar-refractivity contribution in [3.05, 3.63) is 42.0 Å². The summed E-state index contributed by atoms with van der Waals surface area (Å²) in [4.78, 5) is 0. The minimum absolute atomic E-state index is 0.991. The van der Waals surface area contributed by atoms with E-state index >= 15 is 0 Å². The van der Waals surface area contributed by atoms with Crippen molar-refractivity contribution >= 4 is 5.69 Å². The molecule has 1 nitrogen and oxygen atoms in total. The quantitative estimate of drug-likeness (QED) is 0.653. The van der Waals surface area contributed by atoms with E-state index in [0.717, 1.165) is 13.0 Å². The summed E-state index contributed by atoms with van der Waals surface area (Å²) < 4.78 is 0. The topological polar surface area (TPSA) is 12.0 Å². The molecule has 62 valence electrons. The van der Waals surface area contributed by atoms with Crippen LogP contribution in [0.2, 0.25) is 0 Å². The lowest BCUT2D eigenvalue weighted by Crippen LogP contribution is -1.90. The molecule has 0 aromatic heterocycles. The lowest BCUT2D eigenvalue weighted by molar-refractivity contribution is 1.07. The van der Waals surface area contributed by atoms with E-state index in [9.17, 15) is 0 Å². The van der Waals surface area contributed by atoms with E-state index in [1.807, 2.05) is 6.08 Å². The van der Waals surface area contributed by atoms with Crippen LogP contribution in [0.5, 0.6) is 0 Å². The van der Waals surface area contributed by atoms with E-state index in [4.69, 9.17) is 0 Å². The van der Waals surface area contributed by atoms with Crippen molar-refractivity contribution in [3.63, 3.8) is 0 Å². The molecule has 0 bridgehead atoms. The molecule has 0 saturated carbocycles. The van der Waals surface area contributed by atoms with E-state index in [0.29, 0.717) is 0 Å². The molecule has 1 aromatic carbocycles. The Hall–Kier alpha value is -1.24. The van der Waals surface area contributed by atoms with E-state index in [1.165, 1.54) is 23.2 Å². The number of anilines is 1. The van der Waals surface area contributed by atoms with Gasteiger partial charge in [-0.3, -0.25) is 0 Å². The average Bonchev–Trinajstić information content (AvgIpc) is 2.53. The SMILES string of the molecule is C=CCc1cccc2c1CCN2. The molecule has 0 amide bonds. The largest absolute Gasteiger partial charge is 0.384 e. The normalized spacial score (nSPS) is 13.7. The summed E-state index contributed by atoms with van der Waals surface area (Å²) in [6.07, 6.45) is 4.12. The number of hydrogen-bond acceptors (Lipinski definition) is 1. The summed E-state index contributed by atoms with van der Waals surface area (Å²) in [6, 6.07) is 6.44. The van der Waals surface area contributed by atoms with E-state index in [-0.39, 0.29) is 0 Å². The van der Waals surface area contributed by atoms with Gasteiger partial charge in [-0.1, -0.05) is 18.2 Å². The molecule has 0 saturated heterocycles. The third kappa shape index (κ3) is 1.11. The predicted octanol–water partition coefficient (Wildman–Crippen LogP) is 2.38. The maximum Gasteiger partial charge on any atom is 0.0376 e. The van der Waals surface area contributed by atoms with Crippen molar-refractivity contribution in [2.45, 2.75) is 12.8 Å². The summed E-state index contributed by atoms with van der Waals surface area (Å²) in [5, 5.41) is 3.36. The van der Waals surface area contributed by atoms with Gasteiger partial charge in [-0.15, -0.1) is 6.58 Å². The van der Waals surface area contributed by atoms with Gasteiger partial charge in [-0.25, -0.2) is 0 Å². The molecule has 12 heavy (non-hydrogen) atoms. The van der Waals surface area contributed by atoms with Gasteiger partial charge in [-0.05, 0) is 30.0 Å². The fourth-order valence-electron chi connectivity index (χ4n) is 1.76. The molecule has 0 unspecified atom stereocenters. The highest BCUT2D eigenvalue weighted by atomic mass is 14.9. The van der Waals surface area contributed by atoms with Crippen LogP contribution in [0, 0.1) is 0 Å². The van der Waals surface area contributed by atoms with Crippen molar-refractivity contribution in [1.82, 2.24) is 0 Å². The van der Waals surface area contributed by atoms with E-state index < -0.39 is 0 Å². The molecule has 1 N–H and O–H groups in total. The third-order valence-corrected chi connectivity index (χ3v) is 2.33. The molecule has 0 radical (unpaired) electrons. The second kappa shape index (κ2) is 3.02. The number of allylic oxidation sites excluding steroid dienone is 1. The molecule has 0 aliphatic carbocycles. The van der Waals surface area contributed by atoms with Crippen LogP contribution in [0.1, 0.15) is 11.1 Å². The minimum Gasteiger partial charge on any atom is -0.384 e. The fourth-order valence-corrected chi connectivity index (χ4v) is 1.76. The summed E-state index contributed by atoms with van der Waals surface area (Å²) in [5.74, 6) is 0. The van der Waals surface area contributed by atoms with Crippen molar-refractivity contribution in [2.24, 2.45) is 0 Å². The zero-order chi connectivity index (χ0) is 8.39. The van der Waals surface area contributed by atoms with Crippen LogP contribution in [-0.2, 0) is 12.8 Å². The van der Waals surface area contributed by atoms with Crippen LogP contribution < -0.4 is 5.32 Å². The number of benzene rings is 1. The molecule has 1 heterocycles. The van der Waals surface area contributed by atoms with Crippen LogP contribution in [-0.4, -0.2) is 6.54 Å². The number of hydrogen-bond donors (Lipinski definition) is 1. The van der Waals surface area contributed by atoms with Crippen molar-refractivity contribution in [3.8, 4) is 0 Å². The van der Waals surface area contributed by atoms with Crippen molar-refractivity contribution in [2.75, 3.05) is 11.9 Å². The summed E-state index contributed by atoms with van der Waals surface area (Å²) in [6.45, 7) is 4.85. The Morgan fingerprint density at radius 3 is 3.25 bits per heavy atom. The minimum atomic E-state index is 0.991. The Morgan fingerprint density at radius 1 is 1.50 bits per heavy atom. The van der Waals surface area contributed by atoms with Gasteiger partial charge in [-0.2, -0.15) is 0 Å². The molecule has 2 rings (SSSR count). The summed E-state index contributed by atoms with van der Waals surface area (Å²) >= 11 is 0. The first-order chi connectivity index (χ1) is 5.92. The van der Waals surface area contributed by atoms with Gasteiger partial charge in [0, 0.05) is 12.2 Å². The van der Waals surface area contributed by atoms with Gasteiger partial charge in [0.15, 0.2) is 0 Å². The second-order valence-electron chi connectivity index (χ2n) is 3.11. The molecule has 1 aliphatic heterocycles. The second-order valence-corrected chi connectivity index (χ2v) is 3.11. The maximum absolute atomic E-state index is 3.76. The Balaban J connectivity index is 2.42. The molecule has 1 heteroatoms. The first kappa shape index (κ1) is 7.41. The van der Waals surface area contributed by atoms with Crippen molar-refractivity contribution in [1.29, 1.82) is 0 Å². The Bertz CT molecular complexity index is 302. The van der Waals surface area contributed by atoms with Crippen LogP contribution in [0.25, 0.3) is 0 Å². The summed E-state index contributed by atoms with van der Waals surface area (Å²) in [5.41, 5.74) is 4.22. The van der Waals surface area contributed by atoms with Crippen LogP contribution >= 0.6 is 0 Å². The first-order valence-electron chi connectivity index (χ1n) is 4.37. The zero-order valence-electron chi connectivity index (χ0n) is 7.14. The van der Waals surface area contributed by atoms with Crippen LogP contribution in [0.4, 0.5) is 5.69 Å². The van der Waals surface area contributed by atoms with Gasteiger partial charge >= 0.3 is 0 Å². The Kier molecular flexibility index (Phi) is 1.86. The highest BCUT2D eigenvalue weighted by Gasteiger charge is 2.11. The Morgan fingerprint density at radius 2 is 2.42 bits per heavy atom. The fraction of sp³-hybridized carbons (Fsp3) is 0.273. The van der Waals surface area contributed by atoms with E-state index in [2.05, 4.69) is 30.1 Å². The average molecular weight is 159 g/mol. The third-order valence-electron chi connectivity index (χ3n) is 2.33. The lowest BCUT2D eigenvalue weighted by Gasteiger charge is -2.04. The monoisotopic (exact) mass is 159 g/mol. The first-order valence-corrected chi connectivity index (χ1v) is 4.37. The van der Waals surface area contributed by atoms with Gasteiger partial charge in [0.05, 0.1) is 0 Å². The van der Waals surface area contributed by atoms with Crippen LogP contribution in [0.15, 0.2) is 30.9 Å². The number of fused-ring (bicyclic) bond motifs is 1. The molecular weight excluding hydrogens is 146 g/mol. The molecule has 0 atom stereocenters. The van der Waals surface area contributed by atoms with Crippen molar-refractivity contribution < 1.29 is 0 Å². The van der Waals surface area contributed by atoms with Gasteiger partial charge < -0.3 is 5.32 Å². The molecule has 0 spiro atoms. The Labute approximate surface area is 73.1 Å². The molecule has 0 fully saturated rings. The molecule has 1 aromatic rings. The van der Waals surface area contributed by atoms with Gasteiger partial charge in [0.2, 0.25) is 0 Å². The highest BCUT2D eigenvalue weighted by molar-refractivity contribution is 5.58. The zero-order valence-corrected chi connectivity index (χ0v) is 7.14. The van der Waals surface area contributed by atoms with Crippen LogP contribution in [0.3, 0.4) is 0 Å². The van der Waals surface area contributed by atoms with E-state index in [1.54, 1.807) is 0 Å². The predicted molar refractivity (Wildman–Crippen MR) is 52.5 cm³/mol. The standard InChI is InChI=1S/C11H13N/c1-2-4-9-5-3-6-11-10(9)7-8-12-11/h2-3,5-6,12H,1,4,7-8H2. The highest BCUT2D eigenvalue weighted by Crippen LogP contribution is 2.25. The summed E-state index contributed by atoms with van der Waals surface area (Å²) in [7, 11) is 0. The molecular formula is C11H13N. The number of nitrogens with one attached hydrogen (secondary N) is 1. The smallest absolute Gasteiger partial charge is 0.0376 e. The van der Waals surface area contributed by atoms with Gasteiger partial charge in [0.25, 0.3) is 0 Å². The number of rotatable bonds is 2. The molecule has 1 aliphatic rings. The lowest BCUT2D eigenvalue weighted by atomic mass is 10.0. The maximum atomic E-state index is 3.76.